The maximum atomic E-state index is 5.61. The number of rotatable bonds is 3. The lowest BCUT2D eigenvalue weighted by atomic mass is 10.1. The first-order valence-electron chi connectivity index (χ1n) is 4.96. The molecule has 0 spiro atoms. The highest BCUT2D eigenvalue weighted by Crippen LogP contribution is 2.31. The summed E-state index contributed by atoms with van der Waals surface area (Å²) in [5.74, 6) is 1.86. The van der Waals surface area contributed by atoms with Crippen molar-refractivity contribution in [1.29, 1.82) is 0 Å². The van der Waals surface area contributed by atoms with E-state index in [1.165, 1.54) is 5.56 Å². The van der Waals surface area contributed by atoms with Crippen molar-refractivity contribution in [2.24, 2.45) is 5.73 Å². The number of hydrogen-bond acceptors (Lipinski definition) is 3. The lowest BCUT2D eigenvalue weighted by Gasteiger charge is -2.06. The van der Waals surface area contributed by atoms with E-state index in [9.17, 15) is 0 Å². The number of benzene rings is 1. The Hall–Kier alpha value is -1.22. The Morgan fingerprint density at radius 1 is 1.57 bits per heavy atom. The van der Waals surface area contributed by atoms with Crippen LogP contribution in [0, 0.1) is 0 Å². The lowest BCUT2D eigenvalue weighted by Crippen LogP contribution is -2.24. The smallest absolute Gasteiger partial charge is 0.123 e. The first-order valence-corrected chi connectivity index (χ1v) is 4.96. The van der Waals surface area contributed by atoms with Gasteiger partial charge in [-0.1, -0.05) is 0 Å². The van der Waals surface area contributed by atoms with Gasteiger partial charge in [0.25, 0.3) is 0 Å². The van der Waals surface area contributed by atoms with Gasteiger partial charge in [0.1, 0.15) is 17.6 Å². The van der Waals surface area contributed by atoms with Crippen LogP contribution in [-0.2, 0) is 6.42 Å². The number of fused-ring (bicyclic) bond motifs is 1. The third-order valence-corrected chi connectivity index (χ3v) is 2.35. The van der Waals surface area contributed by atoms with Crippen LogP contribution in [0.2, 0.25) is 0 Å². The van der Waals surface area contributed by atoms with Gasteiger partial charge in [-0.2, -0.15) is 0 Å². The second-order valence-electron chi connectivity index (χ2n) is 3.38. The summed E-state index contributed by atoms with van der Waals surface area (Å²) in [7, 11) is 0. The maximum Gasteiger partial charge on any atom is 0.123 e. The average Bonchev–Trinajstić information content (AvgIpc) is 2.60. The Bertz CT molecular complexity index is 325. The molecule has 1 heterocycles. The van der Waals surface area contributed by atoms with E-state index in [1.54, 1.807) is 0 Å². The fraction of sp³-hybridized carbons (Fsp3) is 0.455. The molecule has 3 nitrogen and oxygen atoms in total. The predicted octanol–water partition coefficient (Wildman–Crippen LogP) is 1.35. The summed E-state index contributed by atoms with van der Waals surface area (Å²) in [6.07, 6.45) is 1.04. The molecule has 0 fully saturated rings. The summed E-state index contributed by atoms with van der Waals surface area (Å²) < 4.78 is 11.0. The molecule has 0 radical (unpaired) electrons. The largest absolute Gasteiger partial charge is 0.494 e. The number of ether oxygens (including phenoxy) is 2. The van der Waals surface area contributed by atoms with E-state index in [4.69, 9.17) is 15.2 Å². The summed E-state index contributed by atoms with van der Waals surface area (Å²) >= 11 is 0. The Morgan fingerprint density at radius 3 is 3.14 bits per heavy atom. The van der Waals surface area contributed by atoms with Crippen molar-refractivity contribution in [3.8, 4) is 11.5 Å². The van der Waals surface area contributed by atoms with Gasteiger partial charge < -0.3 is 15.2 Å². The fourth-order valence-corrected chi connectivity index (χ4v) is 1.68. The second kappa shape index (κ2) is 3.88. The Balaban J connectivity index is 2.17. The quantitative estimate of drug-likeness (QED) is 0.788. The topological polar surface area (TPSA) is 44.5 Å². The first-order chi connectivity index (χ1) is 6.83. The van der Waals surface area contributed by atoms with Crippen LogP contribution in [0.1, 0.15) is 12.5 Å². The van der Waals surface area contributed by atoms with Crippen LogP contribution in [0.25, 0.3) is 0 Å². The molecule has 3 heteroatoms. The number of hydrogen-bond donors (Lipinski definition) is 1. The molecule has 0 saturated heterocycles. The minimum atomic E-state index is 0.141. The average molecular weight is 193 g/mol. The molecule has 1 atom stereocenters. The van der Waals surface area contributed by atoms with E-state index in [0.29, 0.717) is 13.2 Å². The lowest BCUT2D eigenvalue weighted by molar-refractivity contribution is 0.241. The summed E-state index contributed by atoms with van der Waals surface area (Å²) in [4.78, 5) is 0. The highest BCUT2D eigenvalue weighted by molar-refractivity contribution is 5.43. The zero-order chi connectivity index (χ0) is 9.97. The van der Waals surface area contributed by atoms with Gasteiger partial charge >= 0.3 is 0 Å². The Morgan fingerprint density at radius 2 is 2.43 bits per heavy atom. The van der Waals surface area contributed by atoms with Crippen molar-refractivity contribution in [1.82, 2.24) is 0 Å². The van der Waals surface area contributed by atoms with Gasteiger partial charge in [0, 0.05) is 18.5 Å². The van der Waals surface area contributed by atoms with Gasteiger partial charge in [0.05, 0.1) is 6.61 Å². The van der Waals surface area contributed by atoms with Crippen molar-refractivity contribution in [3.63, 3.8) is 0 Å². The molecule has 14 heavy (non-hydrogen) atoms. The normalized spacial score (nSPS) is 18.9. The van der Waals surface area contributed by atoms with Gasteiger partial charge in [-0.15, -0.1) is 0 Å². The molecule has 1 aromatic carbocycles. The molecule has 1 unspecified atom stereocenters. The zero-order valence-electron chi connectivity index (χ0n) is 8.32. The summed E-state index contributed by atoms with van der Waals surface area (Å²) in [5.41, 5.74) is 6.75. The Labute approximate surface area is 83.8 Å². The molecule has 0 bridgehead atoms. The van der Waals surface area contributed by atoms with E-state index in [2.05, 4.69) is 0 Å². The molecule has 2 rings (SSSR count). The van der Waals surface area contributed by atoms with Crippen molar-refractivity contribution < 1.29 is 9.47 Å². The molecular weight excluding hydrogens is 178 g/mol. The van der Waals surface area contributed by atoms with Crippen molar-refractivity contribution >= 4 is 0 Å². The van der Waals surface area contributed by atoms with Crippen LogP contribution in [0.5, 0.6) is 11.5 Å². The third kappa shape index (κ3) is 1.68. The van der Waals surface area contributed by atoms with Crippen molar-refractivity contribution in [2.75, 3.05) is 13.2 Å². The van der Waals surface area contributed by atoms with E-state index >= 15 is 0 Å². The molecule has 76 valence electrons. The molecule has 0 saturated carbocycles. The minimum absolute atomic E-state index is 0.141. The van der Waals surface area contributed by atoms with E-state index in [1.807, 2.05) is 25.1 Å². The summed E-state index contributed by atoms with van der Waals surface area (Å²) in [6, 6.07) is 5.92. The maximum absolute atomic E-state index is 5.61. The highest BCUT2D eigenvalue weighted by atomic mass is 16.5. The van der Waals surface area contributed by atoms with Crippen LogP contribution in [-0.4, -0.2) is 19.3 Å². The van der Waals surface area contributed by atoms with Crippen LogP contribution >= 0.6 is 0 Å². The molecule has 0 aliphatic carbocycles. The summed E-state index contributed by atoms with van der Waals surface area (Å²) in [6.45, 7) is 3.24. The zero-order valence-corrected chi connectivity index (χ0v) is 8.32. The molecule has 1 aliphatic rings. The fourth-order valence-electron chi connectivity index (χ4n) is 1.68. The molecule has 1 aromatic rings. The monoisotopic (exact) mass is 193 g/mol. The van der Waals surface area contributed by atoms with E-state index in [-0.39, 0.29) is 6.10 Å². The van der Waals surface area contributed by atoms with Crippen LogP contribution in [0.15, 0.2) is 18.2 Å². The van der Waals surface area contributed by atoms with Gasteiger partial charge in [0.15, 0.2) is 0 Å². The van der Waals surface area contributed by atoms with Gasteiger partial charge in [-0.05, 0) is 25.1 Å². The third-order valence-electron chi connectivity index (χ3n) is 2.35. The van der Waals surface area contributed by atoms with Crippen molar-refractivity contribution in [3.05, 3.63) is 23.8 Å². The predicted molar refractivity (Wildman–Crippen MR) is 54.8 cm³/mol. The van der Waals surface area contributed by atoms with E-state index < -0.39 is 0 Å². The molecule has 0 aromatic heterocycles. The first kappa shape index (κ1) is 9.34. The molecule has 0 amide bonds. The molecule has 1 aliphatic heterocycles. The number of nitrogens with two attached hydrogens (primary N) is 1. The van der Waals surface area contributed by atoms with Crippen LogP contribution in [0.4, 0.5) is 0 Å². The van der Waals surface area contributed by atoms with Gasteiger partial charge in [-0.25, -0.2) is 0 Å². The van der Waals surface area contributed by atoms with Gasteiger partial charge in [-0.3, -0.25) is 0 Å². The second-order valence-corrected chi connectivity index (χ2v) is 3.38. The van der Waals surface area contributed by atoms with Crippen LogP contribution in [0.3, 0.4) is 0 Å². The highest BCUT2D eigenvalue weighted by Gasteiger charge is 2.21. The Kier molecular flexibility index (Phi) is 2.59. The van der Waals surface area contributed by atoms with Crippen LogP contribution < -0.4 is 15.2 Å². The minimum Gasteiger partial charge on any atom is -0.494 e. The van der Waals surface area contributed by atoms with Crippen molar-refractivity contribution in [2.45, 2.75) is 19.4 Å². The van der Waals surface area contributed by atoms with E-state index in [0.717, 1.165) is 17.9 Å². The SMILES string of the molecule is CCOc1ccc2c(c1)CC(CN)O2. The van der Waals surface area contributed by atoms with Gasteiger partial charge in [0.2, 0.25) is 0 Å². The standard InChI is InChI=1S/C11H15NO2/c1-2-13-9-3-4-11-8(5-9)6-10(7-12)14-11/h3-5,10H,2,6-7,12H2,1H3. The molecular formula is C11H15NO2. The molecule has 2 N–H and O–H groups in total. The summed E-state index contributed by atoms with van der Waals surface area (Å²) in [5, 5.41) is 0.